The number of rotatable bonds is 3. The number of carbonyl (C=O) groups excluding carboxylic acids is 1. The summed E-state index contributed by atoms with van der Waals surface area (Å²) in [4.78, 5) is 12.1. The molecule has 20 heavy (non-hydrogen) atoms. The van der Waals surface area contributed by atoms with Crippen LogP contribution in [-0.2, 0) is 4.79 Å². The molecule has 1 amide bonds. The molecule has 2 aliphatic carbocycles. The molecule has 3 atom stereocenters. The number of amides is 1. The molecular formula is C17H22N2O. The second-order valence-electron chi connectivity index (χ2n) is 6.21. The van der Waals surface area contributed by atoms with Crippen molar-refractivity contribution >= 4 is 11.6 Å². The van der Waals surface area contributed by atoms with Crippen molar-refractivity contribution < 1.29 is 4.79 Å². The van der Waals surface area contributed by atoms with Crippen LogP contribution in [0.4, 0.5) is 0 Å². The summed E-state index contributed by atoms with van der Waals surface area (Å²) in [5, 5.41) is 4.34. The summed E-state index contributed by atoms with van der Waals surface area (Å²) >= 11 is 0. The second kappa shape index (κ2) is 5.78. The third kappa shape index (κ3) is 3.09. The summed E-state index contributed by atoms with van der Waals surface area (Å²) in [5.74, 6) is 1.30. The van der Waals surface area contributed by atoms with Crippen LogP contribution in [0, 0.1) is 11.8 Å². The predicted octanol–water partition coefficient (Wildman–Crippen LogP) is 3.47. The predicted molar refractivity (Wildman–Crippen MR) is 80.5 cm³/mol. The molecule has 1 aromatic carbocycles. The minimum Gasteiger partial charge on any atom is -0.273 e. The molecular weight excluding hydrogens is 248 g/mol. The van der Waals surface area contributed by atoms with Gasteiger partial charge in [-0.05, 0) is 49.5 Å². The van der Waals surface area contributed by atoms with Gasteiger partial charge in [-0.3, -0.25) is 4.79 Å². The standard InChI is InChI=1S/C17H22N2O/c1-12-6-5-9-14(10-12)18-19-17(20)16-11-15(16)13-7-3-2-4-8-13/h2-4,7-8,12,15-16H,5-6,9-11H2,1H3,(H,19,20)/b18-14-. The average Bonchev–Trinajstić information content (AvgIpc) is 3.26. The van der Waals surface area contributed by atoms with Crippen LogP contribution in [0.3, 0.4) is 0 Å². The number of nitrogens with one attached hydrogen (secondary N) is 1. The largest absolute Gasteiger partial charge is 0.273 e. The molecule has 0 bridgehead atoms. The summed E-state index contributed by atoms with van der Waals surface area (Å²) in [6.07, 6.45) is 5.51. The van der Waals surface area contributed by atoms with E-state index >= 15 is 0 Å². The van der Waals surface area contributed by atoms with Crippen LogP contribution >= 0.6 is 0 Å². The van der Waals surface area contributed by atoms with Crippen molar-refractivity contribution in [2.75, 3.05) is 0 Å². The van der Waals surface area contributed by atoms with Crippen LogP contribution in [0.15, 0.2) is 35.4 Å². The molecule has 2 aliphatic rings. The van der Waals surface area contributed by atoms with Crippen molar-refractivity contribution in [3.63, 3.8) is 0 Å². The Hall–Kier alpha value is -1.64. The quantitative estimate of drug-likeness (QED) is 0.839. The Morgan fingerprint density at radius 2 is 2.10 bits per heavy atom. The molecule has 0 aliphatic heterocycles. The average molecular weight is 270 g/mol. The van der Waals surface area contributed by atoms with Gasteiger partial charge in [0.05, 0.1) is 0 Å². The van der Waals surface area contributed by atoms with Crippen LogP contribution in [0.2, 0.25) is 0 Å². The molecule has 0 spiro atoms. The molecule has 0 saturated heterocycles. The first-order valence-electron chi connectivity index (χ1n) is 7.64. The fourth-order valence-electron chi connectivity index (χ4n) is 3.13. The van der Waals surface area contributed by atoms with Crippen molar-refractivity contribution in [1.82, 2.24) is 5.43 Å². The number of benzene rings is 1. The molecule has 3 nitrogen and oxygen atoms in total. The van der Waals surface area contributed by atoms with Crippen LogP contribution in [0.25, 0.3) is 0 Å². The van der Waals surface area contributed by atoms with Gasteiger partial charge in [0, 0.05) is 11.6 Å². The highest BCUT2D eigenvalue weighted by atomic mass is 16.2. The number of hydrogen-bond donors (Lipinski definition) is 1. The number of carbonyl (C=O) groups is 1. The van der Waals surface area contributed by atoms with Gasteiger partial charge in [0.15, 0.2) is 0 Å². The Morgan fingerprint density at radius 3 is 2.85 bits per heavy atom. The van der Waals surface area contributed by atoms with Gasteiger partial charge in [-0.15, -0.1) is 0 Å². The summed E-state index contributed by atoms with van der Waals surface area (Å²) < 4.78 is 0. The van der Waals surface area contributed by atoms with Crippen LogP contribution < -0.4 is 5.43 Å². The molecule has 0 radical (unpaired) electrons. The number of hydrazone groups is 1. The lowest BCUT2D eigenvalue weighted by Gasteiger charge is -2.18. The van der Waals surface area contributed by atoms with Crippen molar-refractivity contribution in [1.29, 1.82) is 0 Å². The SMILES string of the molecule is CC1CCC/C(=N/NC(=O)C2CC2c2ccccc2)C1. The maximum absolute atomic E-state index is 12.1. The molecule has 106 valence electrons. The van der Waals surface area contributed by atoms with E-state index in [4.69, 9.17) is 0 Å². The maximum Gasteiger partial charge on any atom is 0.243 e. The Balaban J connectivity index is 1.53. The minimum absolute atomic E-state index is 0.0876. The molecule has 0 heterocycles. The van der Waals surface area contributed by atoms with Crippen molar-refractivity contribution in [3.05, 3.63) is 35.9 Å². The summed E-state index contributed by atoms with van der Waals surface area (Å²) in [5.41, 5.74) is 5.21. The molecule has 2 saturated carbocycles. The van der Waals surface area contributed by atoms with E-state index in [1.165, 1.54) is 18.4 Å². The highest BCUT2D eigenvalue weighted by Crippen LogP contribution is 2.47. The smallest absolute Gasteiger partial charge is 0.243 e. The van der Waals surface area contributed by atoms with Crippen molar-refractivity contribution in [2.45, 2.75) is 44.9 Å². The first-order chi connectivity index (χ1) is 9.74. The van der Waals surface area contributed by atoms with E-state index in [0.717, 1.165) is 25.0 Å². The Morgan fingerprint density at radius 1 is 1.30 bits per heavy atom. The zero-order valence-electron chi connectivity index (χ0n) is 12.0. The van der Waals surface area contributed by atoms with Crippen LogP contribution in [-0.4, -0.2) is 11.6 Å². The third-order valence-corrected chi connectivity index (χ3v) is 4.43. The molecule has 0 aromatic heterocycles. The van der Waals surface area contributed by atoms with E-state index in [0.29, 0.717) is 11.8 Å². The van der Waals surface area contributed by atoms with E-state index in [1.807, 2.05) is 18.2 Å². The lowest BCUT2D eigenvalue weighted by Crippen LogP contribution is -2.23. The van der Waals surface area contributed by atoms with Crippen molar-refractivity contribution in [2.24, 2.45) is 16.9 Å². The first-order valence-corrected chi connectivity index (χ1v) is 7.64. The van der Waals surface area contributed by atoms with E-state index in [9.17, 15) is 4.79 Å². The Kier molecular flexibility index (Phi) is 3.86. The summed E-state index contributed by atoms with van der Waals surface area (Å²) in [6.45, 7) is 2.25. The monoisotopic (exact) mass is 270 g/mol. The fourth-order valence-corrected chi connectivity index (χ4v) is 3.13. The zero-order valence-corrected chi connectivity index (χ0v) is 12.0. The van der Waals surface area contributed by atoms with Gasteiger partial charge in [-0.25, -0.2) is 5.43 Å². The van der Waals surface area contributed by atoms with E-state index in [1.54, 1.807) is 0 Å². The highest BCUT2D eigenvalue weighted by molar-refractivity contribution is 5.88. The molecule has 3 unspecified atom stereocenters. The van der Waals surface area contributed by atoms with Crippen LogP contribution in [0.5, 0.6) is 0 Å². The normalized spacial score (nSPS) is 31.1. The molecule has 1 aromatic rings. The third-order valence-electron chi connectivity index (χ3n) is 4.43. The topological polar surface area (TPSA) is 41.5 Å². The highest BCUT2D eigenvalue weighted by Gasteiger charge is 2.43. The lowest BCUT2D eigenvalue weighted by atomic mass is 9.89. The molecule has 2 fully saturated rings. The Labute approximate surface area is 120 Å². The van der Waals surface area contributed by atoms with E-state index in [-0.39, 0.29) is 11.8 Å². The van der Waals surface area contributed by atoms with Gasteiger partial charge >= 0.3 is 0 Å². The second-order valence-corrected chi connectivity index (χ2v) is 6.21. The summed E-state index contributed by atoms with van der Waals surface area (Å²) in [6, 6.07) is 10.3. The first kappa shape index (κ1) is 13.3. The van der Waals surface area contributed by atoms with E-state index in [2.05, 4.69) is 29.6 Å². The molecule has 3 heteroatoms. The van der Waals surface area contributed by atoms with Gasteiger partial charge in [0.1, 0.15) is 0 Å². The van der Waals surface area contributed by atoms with Crippen molar-refractivity contribution in [3.8, 4) is 0 Å². The molecule has 3 rings (SSSR count). The van der Waals surface area contributed by atoms with Gasteiger partial charge in [-0.1, -0.05) is 37.3 Å². The minimum atomic E-state index is 0.0876. The Bertz CT molecular complexity index is 509. The van der Waals surface area contributed by atoms with Gasteiger partial charge in [0.2, 0.25) is 5.91 Å². The van der Waals surface area contributed by atoms with E-state index < -0.39 is 0 Å². The lowest BCUT2D eigenvalue weighted by molar-refractivity contribution is -0.122. The maximum atomic E-state index is 12.1. The molecule has 1 N–H and O–H groups in total. The van der Waals surface area contributed by atoms with Gasteiger partial charge in [0.25, 0.3) is 0 Å². The summed E-state index contributed by atoms with van der Waals surface area (Å²) in [7, 11) is 0. The van der Waals surface area contributed by atoms with Gasteiger partial charge in [-0.2, -0.15) is 5.10 Å². The zero-order chi connectivity index (χ0) is 13.9. The number of nitrogens with zero attached hydrogens (tertiary/aromatic N) is 1. The fraction of sp³-hybridized carbons (Fsp3) is 0.529. The van der Waals surface area contributed by atoms with Gasteiger partial charge < -0.3 is 0 Å². The number of hydrogen-bond acceptors (Lipinski definition) is 2. The van der Waals surface area contributed by atoms with Crippen LogP contribution in [0.1, 0.15) is 50.5 Å².